The Bertz CT molecular complexity index is 917. The number of rotatable bonds is 6. The van der Waals surface area contributed by atoms with Gasteiger partial charge in [0, 0.05) is 51.0 Å². The summed E-state index contributed by atoms with van der Waals surface area (Å²) in [6.07, 6.45) is 0.948. The molecule has 2 aromatic rings. The molecule has 0 unspecified atom stereocenters. The molecule has 6 nitrogen and oxygen atoms in total. The Hall–Kier alpha value is -2.86. The molecule has 0 aliphatic carbocycles. The van der Waals surface area contributed by atoms with Gasteiger partial charge in [0.05, 0.1) is 13.7 Å². The van der Waals surface area contributed by atoms with E-state index in [4.69, 9.17) is 4.74 Å². The van der Waals surface area contributed by atoms with Crippen molar-refractivity contribution in [2.45, 2.75) is 31.8 Å². The molecule has 6 heteroatoms. The summed E-state index contributed by atoms with van der Waals surface area (Å²) in [5.41, 5.74) is 2.58. The van der Waals surface area contributed by atoms with Crippen LogP contribution in [-0.2, 0) is 16.1 Å². The predicted octanol–water partition coefficient (Wildman–Crippen LogP) is 2.65. The largest absolute Gasteiger partial charge is 0.497 e. The lowest BCUT2D eigenvalue weighted by molar-refractivity contribution is -0.134. The summed E-state index contributed by atoms with van der Waals surface area (Å²) in [7, 11) is 1.70. The Balaban J connectivity index is 1.55. The number of piperidine rings is 1. The molecule has 2 saturated heterocycles. The number of carbonyl (C=O) groups excluding carboxylic acids is 2. The lowest BCUT2D eigenvalue weighted by Gasteiger charge is -2.39. The van der Waals surface area contributed by atoms with E-state index < -0.39 is 0 Å². The van der Waals surface area contributed by atoms with Crippen LogP contribution < -0.4 is 10.1 Å². The van der Waals surface area contributed by atoms with Gasteiger partial charge >= 0.3 is 0 Å². The van der Waals surface area contributed by atoms with Gasteiger partial charge in [-0.1, -0.05) is 42.5 Å². The van der Waals surface area contributed by atoms with E-state index >= 15 is 0 Å². The Morgan fingerprint density at radius 3 is 2.65 bits per heavy atom. The van der Waals surface area contributed by atoms with E-state index in [1.165, 1.54) is 18.1 Å². The molecule has 31 heavy (non-hydrogen) atoms. The highest BCUT2D eigenvalue weighted by Crippen LogP contribution is 2.42. The van der Waals surface area contributed by atoms with Crippen molar-refractivity contribution in [3.63, 3.8) is 0 Å². The summed E-state index contributed by atoms with van der Waals surface area (Å²) in [4.78, 5) is 28.4. The van der Waals surface area contributed by atoms with Gasteiger partial charge < -0.3 is 15.0 Å². The number of benzene rings is 2. The summed E-state index contributed by atoms with van der Waals surface area (Å²) in [5.74, 6) is 1.38. The van der Waals surface area contributed by atoms with Gasteiger partial charge in [-0.2, -0.15) is 0 Å². The van der Waals surface area contributed by atoms with Crippen molar-refractivity contribution < 1.29 is 14.3 Å². The van der Waals surface area contributed by atoms with E-state index in [0.717, 1.165) is 38.3 Å². The molecule has 2 amide bonds. The van der Waals surface area contributed by atoms with Crippen molar-refractivity contribution in [3.8, 4) is 5.75 Å². The zero-order valence-corrected chi connectivity index (χ0v) is 18.3. The average molecular weight is 422 g/mol. The number of ether oxygens (including phenoxy) is 1. The molecule has 2 aromatic carbocycles. The fraction of sp³-hybridized carbons (Fsp3) is 0.440. The van der Waals surface area contributed by atoms with Gasteiger partial charge in [-0.25, -0.2) is 0 Å². The highest BCUT2D eigenvalue weighted by molar-refractivity contribution is 5.83. The molecule has 2 aliphatic rings. The van der Waals surface area contributed by atoms with Crippen LogP contribution in [0.5, 0.6) is 5.75 Å². The summed E-state index contributed by atoms with van der Waals surface area (Å²) >= 11 is 0. The zero-order valence-electron chi connectivity index (χ0n) is 18.3. The van der Waals surface area contributed by atoms with Crippen LogP contribution in [0.3, 0.4) is 0 Å². The van der Waals surface area contributed by atoms with Gasteiger partial charge in [-0.05, 0) is 29.7 Å². The number of hydrogen-bond donors (Lipinski definition) is 1. The minimum absolute atomic E-state index is 0.000415. The molecule has 0 spiro atoms. The molecular weight excluding hydrogens is 390 g/mol. The summed E-state index contributed by atoms with van der Waals surface area (Å²) in [5, 5.41) is 2.64. The molecule has 2 aliphatic heterocycles. The number of likely N-dealkylation sites (tertiary alicyclic amines) is 2. The standard InChI is InChI=1S/C25H31N3O3/c1-18(29)26-14-25(30)27-12-11-24-23(17-27)22(20-9-6-10-21(13-20)31-2)16-28(24)15-19-7-4-3-5-8-19/h3-10,13,22-24H,11-12,14-17H2,1-2H3,(H,26,29)/t22-,23-,24-/m1/s1. The number of methoxy groups -OCH3 is 1. The minimum Gasteiger partial charge on any atom is -0.497 e. The van der Waals surface area contributed by atoms with Crippen LogP contribution in [0.4, 0.5) is 0 Å². The Kier molecular flexibility index (Phi) is 6.56. The lowest BCUT2D eigenvalue weighted by atomic mass is 9.81. The smallest absolute Gasteiger partial charge is 0.241 e. The fourth-order valence-corrected chi connectivity index (χ4v) is 5.10. The maximum Gasteiger partial charge on any atom is 0.241 e. The van der Waals surface area contributed by atoms with Crippen LogP contribution in [0.1, 0.15) is 30.4 Å². The SMILES string of the molecule is COc1cccc([C@H]2CN(Cc3ccccc3)[C@@H]3CCN(C(=O)CNC(C)=O)C[C@H]23)c1. The third-order valence-electron chi connectivity index (χ3n) is 6.63. The van der Waals surface area contributed by atoms with E-state index in [-0.39, 0.29) is 18.4 Å². The van der Waals surface area contributed by atoms with Crippen LogP contribution in [0.2, 0.25) is 0 Å². The highest BCUT2D eigenvalue weighted by Gasteiger charge is 2.45. The molecule has 4 rings (SSSR count). The number of amides is 2. The summed E-state index contributed by atoms with van der Waals surface area (Å²) in [6.45, 7) is 4.85. The third kappa shape index (κ3) is 4.90. The molecule has 164 valence electrons. The van der Waals surface area contributed by atoms with Crippen molar-refractivity contribution >= 4 is 11.8 Å². The predicted molar refractivity (Wildman–Crippen MR) is 120 cm³/mol. The number of hydrogen-bond acceptors (Lipinski definition) is 4. The summed E-state index contributed by atoms with van der Waals surface area (Å²) < 4.78 is 5.47. The average Bonchev–Trinajstić information content (AvgIpc) is 3.15. The third-order valence-corrected chi connectivity index (χ3v) is 6.63. The molecule has 1 N–H and O–H groups in total. The van der Waals surface area contributed by atoms with Crippen LogP contribution in [-0.4, -0.2) is 60.9 Å². The molecule has 2 heterocycles. The maximum atomic E-state index is 12.7. The first-order valence-electron chi connectivity index (χ1n) is 11.0. The van der Waals surface area contributed by atoms with Crippen LogP contribution in [0.25, 0.3) is 0 Å². The van der Waals surface area contributed by atoms with E-state index in [1.54, 1.807) is 7.11 Å². The van der Waals surface area contributed by atoms with E-state index in [1.807, 2.05) is 17.0 Å². The summed E-state index contributed by atoms with van der Waals surface area (Å²) in [6, 6.07) is 19.3. The first-order chi connectivity index (χ1) is 15.0. The van der Waals surface area contributed by atoms with Gasteiger partial charge in [0.2, 0.25) is 11.8 Å². The molecular formula is C25H31N3O3. The molecule has 0 bridgehead atoms. The number of fused-ring (bicyclic) bond motifs is 1. The number of nitrogens with zero attached hydrogens (tertiary/aromatic N) is 2. The number of carbonyl (C=O) groups is 2. The van der Waals surface area contributed by atoms with Crippen LogP contribution in [0, 0.1) is 5.92 Å². The van der Waals surface area contributed by atoms with E-state index in [0.29, 0.717) is 17.9 Å². The minimum atomic E-state index is -0.174. The zero-order chi connectivity index (χ0) is 21.8. The van der Waals surface area contributed by atoms with Crippen LogP contribution >= 0.6 is 0 Å². The lowest BCUT2D eigenvalue weighted by Crippen LogP contribution is -2.50. The molecule has 0 aromatic heterocycles. The first kappa shape index (κ1) is 21.4. The molecule has 3 atom stereocenters. The molecule has 0 radical (unpaired) electrons. The normalized spacial score (nSPS) is 23.3. The quantitative estimate of drug-likeness (QED) is 0.779. The fourth-order valence-electron chi connectivity index (χ4n) is 5.10. The van der Waals surface area contributed by atoms with Gasteiger partial charge in [0.1, 0.15) is 5.75 Å². The van der Waals surface area contributed by atoms with Gasteiger partial charge in [0.15, 0.2) is 0 Å². The monoisotopic (exact) mass is 421 g/mol. The second kappa shape index (κ2) is 9.52. The maximum absolute atomic E-state index is 12.7. The first-order valence-corrected chi connectivity index (χ1v) is 11.0. The number of nitrogens with one attached hydrogen (secondary N) is 1. The van der Waals surface area contributed by atoms with E-state index in [9.17, 15) is 9.59 Å². The van der Waals surface area contributed by atoms with E-state index in [2.05, 4.69) is 52.7 Å². The second-order valence-corrected chi connectivity index (χ2v) is 8.57. The van der Waals surface area contributed by atoms with Crippen molar-refractivity contribution in [2.75, 3.05) is 33.3 Å². The van der Waals surface area contributed by atoms with Gasteiger partial charge in [0.25, 0.3) is 0 Å². The Morgan fingerprint density at radius 2 is 1.90 bits per heavy atom. The Morgan fingerprint density at radius 1 is 1.10 bits per heavy atom. The molecule has 0 saturated carbocycles. The van der Waals surface area contributed by atoms with Crippen molar-refractivity contribution in [2.24, 2.45) is 5.92 Å². The van der Waals surface area contributed by atoms with Gasteiger partial charge in [-0.3, -0.25) is 14.5 Å². The Labute approximate surface area is 184 Å². The van der Waals surface area contributed by atoms with Gasteiger partial charge in [-0.15, -0.1) is 0 Å². The highest BCUT2D eigenvalue weighted by atomic mass is 16.5. The van der Waals surface area contributed by atoms with Crippen molar-refractivity contribution in [3.05, 3.63) is 65.7 Å². The van der Waals surface area contributed by atoms with Crippen molar-refractivity contribution in [1.82, 2.24) is 15.1 Å². The van der Waals surface area contributed by atoms with Crippen LogP contribution in [0.15, 0.2) is 54.6 Å². The molecule has 2 fully saturated rings. The topological polar surface area (TPSA) is 61.9 Å². The second-order valence-electron chi connectivity index (χ2n) is 8.57. The van der Waals surface area contributed by atoms with Crippen molar-refractivity contribution in [1.29, 1.82) is 0 Å².